The molecule has 1 heterocycles. The van der Waals surface area contributed by atoms with Crippen LogP contribution >= 0.6 is 23.2 Å². The van der Waals surface area contributed by atoms with E-state index in [9.17, 15) is 9.18 Å². The Bertz CT molecular complexity index is 925. The number of nitrogens with two attached hydrogens (primary N) is 1. The number of hydrogen-bond acceptors (Lipinski definition) is 4. The second kappa shape index (κ2) is 5.57. The average molecular weight is 339 g/mol. The highest BCUT2D eigenvalue weighted by molar-refractivity contribution is 6.38. The first kappa shape index (κ1) is 14.8. The summed E-state index contributed by atoms with van der Waals surface area (Å²) in [5.41, 5.74) is 2.61. The molecule has 112 valence electrons. The Hall–Kier alpha value is -2.15. The lowest BCUT2D eigenvalue weighted by Crippen LogP contribution is -2.26. The maximum Gasteiger partial charge on any atom is 0.267 e. The van der Waals surface area contributed by atoms with Gasteiger partial charge in [-0.05, 0) is 36.4 Å². The Balaban J connectivity index is 2.41. The minimum Gasteiger partial charge on any atom is -0.293 e. The fourth-order valence-electron chi connectivity index (χ4n) is 2.14. The summed E-state index contributed by atoms with van der Waals surface area (Å²) in [6.45, 7) is 0. The Morgan fingerprint density at radius 1 is 1.18 bits per heavy atom. The highest BCUT2D eigenvalue weighted by Gasteiger charge is 2.15. The van der Waals surface area contributed by atoms with Crippen LogP contribution in [0.15, 0.2) is 41.2 Å². The third kappa shape index (κ3) is 2.41. The summed E-state index contributed by atoms with van der Waals surface area (Å²) >= 11 is 12.0. The number of halogens is 3. The first-order chi connectivity index (χ1) is 10.5. The molecular formula is C14H9Cl2FN4O. The van der Waals surface area contributed by atoms with E-state index in [-0.39, 0.29) is 21.9 Å². The number of nitrogens with one attached hydrogen (secondary N) is 1. The molecule has 3 aromatic rings. The van der Waals surface area contributed by atoms with Gasteiger partial charge in [0.15, 0.2) is 0 Å². The number of fused-ring (bicyclic) bond motifs is 1. The van der Waals surface area contributed by atoms with Gasteiger partial charge >= 0.3 is 0 Å². The maximum absolute atomic E-state index is 13.1. The third-order valence-corrected chi connectivity index (χ3v) is 3.61. The molecular weight excluding hydrogens is 330 g/mol. The average Bonchev–Trinajstić information content (AvgIpc) is 2.49. The molecule has 8 heteroatoms. The summed E-state index contributed by atoms with van der Waals surface area (Å²) in [5, 5.41) is 0.790. The van der Waals surface area contributed by atoms with Gasteiger partial charge in [0.1, 0.15) is 5.82 Å². The van der Waals surface area contributed by atoms with E-state index in [0.29, 0.717) is 10.7 Å². The van der Waals surface area contributed by atoms with Gasteiger partial charge in [-0.3, -0.25) is 10.2 Å². The highest BCUT2D eigenvalue weighted by atomic mass is 35.5. The molecule has 0 amide bonds. The number of rotatable bonds is 2. The molecule has 0 atom stereocenters. The molecule has 3 rings (SSSR count). The second-order valence-electron chi connectivity index (χ2n) is 4.48. The van der Waals surface area contributed by atoms with Crippen molar-refractivity contribution < 1.29 is 4.39 Å². The van der Waals surface area contributed by atoms with Crippen LogP contribution in [-0.2, 0) is 0 Å². The van der Waals surface area contributed by atoms with Crippen LogP contribution in [0.25, 0.3) is 16.6 Å². The minimum absolute atomic E-state index is 0.0772. The van der Waals surface area contributed by atoms with Gasteiger partial charge in [0.25, 0.3) is 5.56 Å². The van der Waals surface area contributed by atoms with E-state index in [0.717, 1.165) is 0 Å². The Morgan fingerprint density at radius 3 is 2.50 bits per heavy atom. The first-order valence-corrected chi connectivity index (χ1v) is 6.91. The normalized spacial score (nSPS) is 10.9. The van der Waals surface area contributed by atoms with Gasteiger partial charge in [-0.1, -0.05) is 23.2 Å². The Kier molecular flexibility index (Phi) is 3.74. The molecule has 0 saturated carbocycles. The predicted molar refractivity (Wildman–Crippen MR) is 85.1 cm³/mol. The standard InChI is InChI=1S/C14H9Cl2FN4O/c15-7-5-10-12(11(16)6-7)19-14(20-18)21(13(10)22)9-3-1-8(17)2-4-9/h1-6H,18H2,(H,19,20). The second-order valence-corrected chi connectivity index (χ2v) is 5.32. The van der Waals surface area contributed by atoms with Crippen LogP contribution in [-0.4, -0.2) is 9.55 Å². The van der Waals surface area contributed by atoms with Crippen LogP contribution in [0, 0.1) is 5.82 Å². The molecule has 2 aromatic carbocycles. The van der Waals surface area contributed by atoms with Crippen molar-refractivity contribution in [3.05, 3.63) is 62.6 Å². The zero-order valence-electron chi connectivity index (χ0n) is 11.0. The summed E-state index contributed by atoms with van der Waals surface area (Å²) < 4.78 is 14.3. The molecule has 1 aromatic heterocycles. The van der Waals surface area contributed by atoms with Crippen LogP contribution in [0.3, 0.4) is 0 Å². The van der Waals surface area contributed by atoms with Crippen LogP contribution in [0.5, 0.6) is 0 Å². The predicted octanol–water partition coefficient (Wildman–Crippen LogP) is 3.12. The first-order valence-electron chi connectivity index (χ1n) is 6.15. The van der Waals surface area contributed by atoms with Crippen molar-refractivity contribution in [2.24, 2.45) is 5.84 Å². The van der Waals surface area contributed by atoms with Gasteiger partial charge < -0.3 is 0 Å². The maximum atomic E-state index is 13.1. The molecule has 0 fully saturated rings. The van der Waals surface area contributed by atoms with E-state index >= 15 is 0 Å². The zero-order chi connectivity index (χ0) is 15.9. The molecule has 0 aliphatic rings. The SMILES string of the molecule is NNc1nc2c(Cl)cc(Cl)cc2c(=O)n1-c1ccc(F)cc1. The molecule has 0 aliphatic carbocycles. The van der Waals surface area contributed by atoms with E-state index < -0.39 is 11.4 Å². The summed E-state index contributed by atoms with van der Waals surface area (Å²) in [6.07, 6.45) is 0. The lowest BCUT2D eigenvalue weighted by Gasteiger charge is -2.13. The monoisotopic (exact) mass is 338 g/mol. The van der Waals surface area contributed by atoms with Crippen LogP contribution in [0.2, 0.25) is 10.0 Å². The van der Waals surface area contributed by atoms with Gasteiger partial charge in [-0.15, -0.1) is 0 Å². The van der Waals surface area contributed by atoms with Crippen molar-refractivity contribution in [1.29, 1.82) is 0 Å². The van der Waals surface area contributed by atoms with Crippen molar-refractivity contribution in [1.82, 2.24) is 9.55 Å². The van der Waals surface area contributed by atoms with Crippen molar-refractivity contribution in [3.8, 4) is 5.69 Å². The molecule has 22 heavy (non-hydrogen) atoms. The number of nitrogens with zero attached hydrogens (tertiary/aromatic N) is 2. The quantitative estimate of drug-likeness (QED) is 0.556. The molecule has 5 nitrogen and oxygen atoms in total. The summed E-state index contributed by atoms with van der Waals surface area (Å²) in [5.74, 6) is 5.10. The van der Waals surface area contributed by atoms with Crippen LogP contribution < -0.4 is 16.8 Å². The molecule has 0 aliphatic heterocycles. The lowest BCUT2D eigenvalue weighted by molar-refractivity contribution is 0.627. The molecule has 0 radical (unpaired) electrons. The van der Waals surface area contributed by atoms with Gasteiger partial charge in [-0.2, -0.15) is 0 Å². The fraction of sp³-hybridized carbons (Fsp3) is 0. The largest absolute Gasteiger partial charge is 0.293 e. The van der Waals surface area contributed by atoms with E-state index in [1.54, 1.807) is 0 Å². The highest BCUT2D eigenvalue weighted by Crippen LogP contribution is 2.26. The Morgan fingerprint density at radius 2 is 1.86 bits per heavy atom. The van der Waals surface area contributed by atoms with Crippen LogP contribution in [0.4, 0.5) is 10.3 Å². The smallest absolute Gasteiger partial charge is 0.267 e. The van der Waals surface area contributed by atoms with E-state index in [4.69, 9.17) is 29.0 Å². The Labute approximate surface area is 134 Å². The fourth-order valence-corrected chi connectivity index (χ4v) is 2.68. The lowest BCUT2D eigenvalue weighted by atomic mass is 10.2. The molecule has 3 N–H and O–H groups in total. The van der Waals surface area contributed by atoms with E-state index in [1.807, 2.05) is 0 Å². The zero-order valence-corrected chi connectivity index (χ0v) is 12.5. The number of nitrogen functional groups attached to an aromatic ring is 1. The van der Waals surface area contributed by atoms with E-state index in [1.165, 1.54) is 41.0 Å². The number of hydrogen-bond donors (Lipinski definition) is 2. The topological polar surface area (TPSA) is 72.9 Å². The van der Waals surface area contributed by atoms with Gasteiger partial charge in [0, 0.05) is 5.02 Å². The van der Waals surface area contributed by atoms with Crippen molar-refractivity contribution >= 4 is 40.1 Å². The van der Waals surface area contributed by atoms with Crippen molar-refractivity contribution in [2.75, 3.05) is 5.43 Å². The van der Waals surface area contributed by atoms with Gasteiger partial charge in [0.2, 0.25) is 5.95 Å². The van der Waals surface area contributed by atoms with Crippen molar-refractivity contribution in [2.45, 2.75) is 0 Å². The van der Waals surface area contributed by atoms with Gasteiger partial charge in [-0.25, -0.2) is 19.8 Å². The number of anilines is 1. The molecule has 0 bridgehead atoms. The van der Waals surface area contributed by atoms with Crippen molar-refractivity contribution in [3.63, 3.8) is 0 Å². The van der Waals surface area contributed by atoms with E-state index in [2.05, 4.69) is 10.4 Å². The van der Waals surface area contributed by atoms with Gasteiger partial charge in [0.05, 0.1) is 21.6 Å². The minimum atomic E-state index is -0.422. The van der Waals surface area contributed by atoms with Crippen LogP contribution in [0.1, 0.15) is 0 Å². The molecule has 0 spiro atoms. The summed E-state index contributed by atoms with van der Waals surface area (Å²) in [6, 6.07) is 8.31. The third-order valence-electron chi connectivity index (χ3n) is 3.11. The molecule has 0 unspecified atom stereocenters. The number of aromatic nitrogens is 2. The summed E-state index contributed by atoms with van der Waals surface area (Å²) in [4.78, 5) is 17.0. The summed E-state index contributed by atoms with van der Waals surface area (Å²) in [7, 11) is 0. The number of hydrazine groups is 1. The number of benzene rings is 2. The molecule has 0 saturated heterocycles.